The van der Waals surface area contributed by atoms with E-state index in [9.17, 15) is 13.2 Å². The van der Waals surface area contributed by atoms with Crippen LogP contribution in [0.15, 0.2) is 71.6 Å². The van der Waals surface area contributed by atoms with Crippen molar-refractivity contribution >= 4 is 38.9 Å². The van der Waals surface area contributed by atoms with Crippen molar-refractivity contribution in [3.05, 3.63) is 77.3 Å². The zero-order valence-corrected chi connectivity index (χ0v) is 19.4. The zero-order valence-electron chi connectivity index (χ0n) is 17.8. The van der Waals surface area contributed by atoms with Gasteiger partial charge in [0, 0.05) is 16.8 Å². The number of amides is 1. The monoisotopic (exact) mass is 474 g/mol. The third-order valence-electron chi connectivity index (χ3n) is 4.65. The van der Waals surface area contributed by atoms with Crippen molar-refractivity contribution in [1.29, 1.82) is 0 Å². The quantitative estimate of drug-likeness (QED) is 0.519. The lowest BCUT2D eigenvalue weighted by molar-refractivity contribution is -0.114. The topological polar surface area (TPSA) is 84.9 Å². The second-order valence-corrected chi connectivity index (χ2v) is 9.22. The fourth-order valence-corrected chi connectivity index (χ4v) is 4.62. The van der Waals surface area contributed by atoms with Crippen LogP contribution in [0.2, 0.25) is 5.02 Å². The maximum atomic E-state index is 13.4. The number of carbonyl (C=O) groups excluding carboxylic acids is 1. The first kappa shape index (κ1) is 23.4. The summed E-state index contributed by atoms with van der Waals surface area (Å²) in [6.07, 6.45) is 0. The lowest BCUT2D eigenvalue weighted by atomic mass is 10.2. The Labute approximate surface area is 192 Å². The fraction of sp³-hybridized carbons (Fsp3) is 0.174. The molecule has 1 N–H and O–H groups in total. The van der Waals surface area contributed by atoms with E-state index in [0.717, 1.165) is 9.87 Å². The number of halogens is 1. The molecule has 32 heavy (non-hydrogen) atoms. The number of nitrogens with one attached hydrogen (secondary N) is 1. The average Bonchev–Trinajstić information content (AvgIpc) is 2.77. The molecule has 168 valence electrons. The molecule has 0 spiro atoms. The molecule has 0 heterocycles. The summed E-state index contributed by atoms with van der Waals surface area (Å²) >= 11 is 5.91. The summed E-state index contributed by atoms with van der Waals surface area (Å²) in [6, 6.07) is 17.6. The first-order valence-corrected chi connectivity index (χ1v) is 11.4. The molecule has 9 heteroatoms. The van der Waals surface area contributed by atoms with E-state index in [4.69, 9.17) is 21.1 Å². The van der Waals surface area contributed by atoms with Crippen LogP contribution in [0.5, 0.6) is 11.5 Å². The number of sulfonamides is 1. The van der Waals surface area contributed by atoms with Gasteiger partial charge >= 0.3 is 0 Å². The standard InChI is InChI=1S/C23H23ClN2O5S/c1-16-5-4-6-19(13-16)26(32(28,29)20-10-7-17(24)8-11-20)15-23(27)25-18-9-12-21(30-2)22(14-18)31-3/h4-14H,15H2,1-3H3,(H,25,27). The van der Waals surface area contributed by atoms with Gasteiger partial charge in [-0.3, -0.25) is 9.10 Å². The van der Waals surface area contributed by atoms with E-state index in [2.05, 4.69) is 5.32 Å². The van der Waals surface area contributed by atoms with E-state index in [-0.39, 0.29) is 4.90 Å². The molecule has 3 aromatic carbocycles. The molecule has 0 radical (unpaired) electrons. The van der Waals surface area contributed by atoms with Crippen molar-refractivity contribution < 1.29 is 22.7 Å². The van der Waals surface area contributed by atoms with Gasteiger partial charge in [0.15, 0.2) is 11.5 Å². The molecule has 0 unspecified atom stereocenters. The van der Waals surface area contributed by atoms with E-state index in [1.54, 1.807) is 36.4 Å². The minimum Gasteiger partial charge on any atom is -0.493 e. The highest BCUT2D eigenvalue weighted by Gasteiger charge is 2.27. The second-order valence-electron chi connectivity index (χ2n) is 6.92. The van der Waals surface area contributed by atoms with E-state index >= 15 is 0 Å². The molecule has 3 rings (SSSR count). The van der Waals surface area contributed by atoms with Crippen molar-refractivity contribution in [3.63, 3.8) is 0 Å². The van der Waals surface area contributed by atoms with Gasteiger partial charge < -0.3 is 14.8 Å². The molecule has 0 aromatic heterocycles. The molecule has 1 amide bonds. The van der Waals surface area contributed by atoms with E-state index in [1.807, 2.05) is 13.0 Å². The number of aryl methyl sites for hydroxylation is 1. The van der Waals surface area contributed by atoms with Crippen LogP contribution in [-0.4, -0.2) is 35.1 Å². The van der Waals surface area contributed by atoms with Gasteiger partial charge in [-0.1, -0.05) is 23.7 Å². The van der Waals surface area contributed by atoms with Crippen LogP contribution in [0.25, 0.3) is 0 Å². The van der Waals surface area contributed by atoms with Gasteiger partial charge in [-0.05, 0) is 61.0 Å². The molecule has 3 aromatic rings. The molecule has 0 aliphatic heterocycles. The minimum atomic E-state index is -4.03. The summed E-state index contributed by atoms with van der Waals surface area (Å²) in [7, 11) is -1.03. The highest BCUT2D eigenvalue weighted by atomic mass is 35.5. The predicted molar refractivity (Wildman–Crippen MR) is 125 cm³/mol. The molecule has 7 nitrogen and oxygen atoms in total. The van der Waals surface area contributed by atoms with Gasteiger partial charge in [-0.2, -0.15) is 0 Å². The Kier molecular flexibility index (Phi) is 7.27. The number of hydrogen-bond acceptors (Lipinski definition) is 5. The summed E-state index contributed by atoms with van der Waals surface area (Å²) in [5, 5.41) is 3.13. The number of benzene rings is 3. The largest absolute Gasteiger partial charge is 0.493 e. The summed E-state index contributed by atoms with van der Waals surface area (Å²) in [5.41, 5.74) is 1.68. The zero-order chi connectivity index (χ0) is 23.3. The number of methoxy groups -OCH3 is 2. The van der Waals surface area contributed by atoms with Crippen LogP contribution in [0.3, 0.4) is 0 Å². The Morgan fingerprint density at radius 2 is 1.66 bits per heavy atom. The number of hydrogen-bond donors (Lipinski definition) is 1. The molecule has 0 bridgehead atoms. The first-order valence-electron chi connectivity index (χ1n) is 9.61. The van der Waals surface area contributed by atoms with Gasteiger partial charge in [0.2, 0.25) is 5.91 Å². The number of carbonyl (C=O) groups is 1. The second kappa shape index (κ2) is 9.93. The predicted octanol–water partition coefficient (Wildman–Crippen LogP) is 4.50. The van der Waals surface area contributed by atoms with E-state index in [1.165, 1.54) is 38.5 Å². The SMILES string of the molecule is COc1ccc(NC(=O)CN(c2cccc(C)c2)S(=O)(=O)c2ccc(Cl)cc2)cc1OC. The first-order chi connectivity index (χ1) is 15.2. The highest BCUT2D eigenvalue weighted by molar-refractivity contribution is 7.92. The van der Waals surface area contributed by atoms with E-state index < -0.39 is 22.5 Å². The summed E-state index contributed by atoms with van der Waals surface area (Å²) in [5.74, 6) is 0.433. The number of rotatable bonds is 8. The van der Waals surface area contributed by atoms with Crippen LogP contribution in [0.1, 0.15) is 5.56 Å². The molecular formula is C23H23ClN2O5S. The van der Waals surface area contributed by atoms with Crippen molar-refractivity contribution in [2.75, 3.05) is 30.4 Å². The molecule has 0 saturated carbocycles. The fourth-order valence-electron chi connectivity index (χ4n) is 3.08. The number of ether oxygens (including phenoxy) is 2. The van der Waals surface area contributed by atoms with Crippen LogP contribution in [0, 0.1) is 6.92 Å². The highest BCUT2D eigenvalue weighted by Crippen LogP contribution is 2.30. The number of anilines is 2. The van der Waals surface area contributed by atoms with E-state index in [0.29, 0.717) is 27.9 Å². The summed E-state index contributed by atoms with van der Waals surface area (Å²) in [4.78, 5) is 12.9. The van der Waals surface area contributed by atoms with Gasteiger partial charge in [-0.25, -0.2) is 8.42 Å². The molecule has 0 fully saturated rings. The summed E-state index contributed by atoms with van der Waals surface area (Å²) < 4.78 is 38.3. The average molecular weight is 475 g/mol. The lowest BCUT2D eigenvalue weighted by Gasteiger charge is -2.24. The van der Waals surface area contributed by atoms with Crippen LogP contribution >= 0.6 is 11.6 Å². The molecule has 0 atom stereocenters. The molecular weight excluding hydrogens is 452 g/mol. The number of nitrogens with zero attached hydrogens (tertiary/aromatic N) is 1. The van der Waals surface area contributed by atoms with Gasteiger partial charge in [0.1, 0.15) is 6.54 Å². The molecule has 0 aliphatic carbocycles. The summed E-state index contributed by atoms with van der Waals surface area (Å²) in [6.45, 7) is 1.42. The lowest BCUT2D eigenvalue weighted by Crippen LogP contribution is -2.38. The van der Waals surface area contributed by atoms with Crippen molar-refractivity contribution in [2.45, 2.75) is 11.8 Å². The molecule has 0 saturated heterocycles. The van der Waals surface area contributed by atoms with Gasteiger partial charge in [0.05, 0.1) is 24.8 Å². The Morgan fingerprint density at radius 1 is 0.969 bits per heavy atom. The third-order valence-corrected chi connectivity index (χ3v) is 6.69. The van der Waals surface area contributed by atoms with Crippen molar-refractivity contribution in [3.8, 4) is 11.5 Å². The Morgan fingerprint density at radius 3 is 2.28 bits per heavy atom. The van der Waals surface area contributed by atoms with Crippen LogP contribution in [0.4, 0.5) is 11.4 Å². The van der Waals surface area contributed by atoms with Crippen LogP contribution in [-0.2, 0) is 14.8 Å². The van der Waals surface area contributed by atoms with Gasteiger partial charge in [-0.15, -0.1) is 0 Å². The Balaban J connectivity index is 1.92. The minimum absolute atomic E-state index is 0.0299. The smallest absolute Gasteiger partial charge is 0.264 e. The maximum Gasteiger partial charge on any atom is 0.264 e. The van der Waals surface area contributed by atoms with Crippen LogP contribution < -0.4 is 19.1 Å². The van der Waals surface area contributed by atoms with Crippen molar-refractivity contribution in [2.24, 2.45) is 0 Å². The Bertz CT molecular complexity index is 1210. The maximum absolute atomic E-state index is 13.4. The van der Waals surface area contributed by atoms with Crippen molar-refractivity contribution in [1.82, 2.24) is 0 Å². The third kappa shape index (κ3) is 5.33. The van der Waals surface area contributed by atoms with Gasteiger partial charge in [0.25, 0.3) is 10.0 Å². The Hall–Kier alpha value is -3.23. The molecule has 0 aliphatic rings. The normalized spacial score (nSPS) is 11.0.